The Balaban J connectivity index is 1.48. The highest BCUT2D eigenvalue weighted by Crippen LogP contribution is 2.68. The van der Waals surface area contributed by atoms with Crippen molar-refractivity contribution >= 4 is 18.2 Å². The molecule has 8 nitrogen and oxygen atoms in total. The summed E-state index contributed by atoms with van der Waals surface area (Å²) in [7, 11) is -4.06. The summed E-state index contributed by atoms with van der Waals surface area (Å²) >= 11 is 0. The van der Waals surface area contributed by atoms with E-state index in [0.29, 0.717) is 31.0 Å². The molecule has 1 aromatic rings. The maximum absolute atomic E-state index is 14.5. The Morgan fingerprint density at radius 1 is 1.02 bits per heavy atom. The molecule has 10 heteroatoms. The molecular formula is C43H72O8SSi. The number of benzene rings is 1. The molecule has 0 aliphatic heterocycles. The summed E-state index contributed by atoms with van der Waals surface area (Å²) in [6, 6.07) is 8.64. The van der Waals surface area contributed by atoms with Gasteiger partial charge in [0.2, 0.25) is 0 Å². The summed E-state index contributed by atoms with van der Waals surface area (Å²) < 4.78 is 54.0. The van der Waals surface area contributed by atoms with E-state index >= 15 is 0 Å². The third-order valence-electron chi connectivity index (χ3n) is 15.1. The normalized spacial score (nSPS) is 34.0. The number of hydrogen-bond acceptors (Lipinski definition) is 8. The number of hydrogen-bond donors (Lipinski definition) is 2. The van der Waals surface area contributed by atoms with Crippen LogP contribution < -0.4 is 0 Å². The maximum Gasteiger partial charge on any atom is 0.192 e. The van der Waals surface area contributed by atoms with E-state index in [2.05, 4.69) is 60.7 Å². The van der Waals surface area contributed by atoms with E-state index in [1.54, 1.807) is 45.2 Å². The smallest absolute Gasteiger partial charge is 0.192 e. The van der Waals surface area contributed by atoms with Crippen LogP contribution >= 0.6 is 0 Å². The van der Waals surface area contributed by atoms with Gasteiger partial charge in [0.25, 0.3) is 0 Å². The lowest BCUT2D eigenvalue weighted by atomic mass is 9.46. The summed E-state index contributed by atoms with van der Waals surface area (Å²) in [5.74, 6) is 1.00. The third-order valence-corrected chi connectivity index (χ3v) is 22.0. The maximum atomic E-state index is 14.5. The van der Waals surface area contributed by atoms with Crippen LogP contribution in [-0.2, 0) is 28.5 Å². The van der Waals surface area contributed by atoms with Crippen molar-refractivity contribution in [3.8, 4) is 0 Å². The van der Waals surface area contributed by atoms with Crippen LogP contribution in [0.2, 0.25) is 18.1 Å². The Morgan fingerprint density at radius 3 is 2.32 bits per heavy atom. The molecule has 0 heterocycles. The molecule has 11 atom stereocenters. The lowest BCUT2D eigenvalue weighted by Gasteiger charge is -2.61. The first-order valence-electron chi connectivity index (χ1n) is 20.3. The Morgan fingerprint density at radius 2 is 1.70 bits per heavy atom. The number of methoxy groups -OCH3 is 1. The van der Waals surface area contributed by atoms with Gasteiger partial charge in [-0.2, -0.15) is 0 Å². The van der Waals surface area contributed by atoms with Crippen molar-refractivity contribution in [2.45, 2.75) is 159 Å². The van der Waals surface area contributed by atoms with Gasteiger partial charge in [0.05, 0.1) is 41.2 Å². The molecule has 0 radical (unpaired) electrons. The van der Waals surface area contributed by atoms with Crippen molar-refractivity contribution in [1.82, 2.24) is 0 Å². The molecule has 3 saturated carbocycles. The minimum Gasteiger partial charge on any atom is -0.414 e. The first kappa shape index (κ1) is 43.0. The van der Waals surface area contributed by atoms with E-state index in [0.717, 1.165) is 44.9 Å². The first-order chi connectivity index (χ1) is 24.6. The van der Waals surface area contributed by atoms with Crippen LogP contribution in [-0.4, -0.2) is 83.2 Å². The molecule has 1 aromatic carbocycles. The molecule has 53 heavy (non-hydrogen) atoms. The minimum atomic E-state index is -3.82. The highest BCUT2D eigenvalue weighted by Gasteiger charge is 2.64. The van der Waals surface area contributed by atoms with Crippen LogP contribution in [0.5, 0.6) is 0 Å². The van der Waals surface area contributed by atoms with Crippen molar-refractivity contribution in [2.24, 2.45) is 40.4 Å². The van der Waals surface area contributed by atoms with E-state index in [4.69, 9.17) is 18.6 Å². The number of aliphatic hydroxyl groups excluding tert-OH is 1. The van der Waals surface area contributed by atoms with Gasteiger partial charge in [0, 0.05) is 13.2 Å². The second kappa shape index (κ2) is 16.0. The molecule has 0 amide bonds. The van der Waals surface area contributed by atoms with Gasteiger partial charge in [-0.05, 0) is 136 Å². The molecular weight excluding hydrogens is 705 g/mol. The van der Waals surface area contributed by atoms with Crippen molar-refractivity contribution in [1.29, 1.82) is 0 Å². The molecule has 0 bridgehead atoms. The van der Waals surface area contributed by atoms with Gasteiger partial charge < -0.3 is 28.8 Å². The Kier molecular flexibility index (Phi) is 13.0. The monoisotopic (exact) mass is 776 g/mol. The molecule has 0 saturated heterocycles. The molecule has 4 aliphatic rings. The van der Waals surface area contributed by atoms with Gasteiger partial charge in [0.1, 0.15) is 6.79 Å². The largest absolute Gasteiger partial charge is 0.414 e. The van der Waals surface area contributed by atoms with Crippen LogP contribution in [0.25, 0.3) is 0 Å². The summed E-state index contributed by atoms with van der Waals surface area (Å²) in [4.78, 5) is 0.267. The summed E-state index contributed by atoms with van der Waals surface area (Å²) in [5.41, 5.74) is -0.0768. The van der Waals surface area contributed by atoms with E-state index in [1.807, 2.05) is 6.07 Å². The number of rotatable bonds is 15. The third kappa shape index (κ3) is 8.60. The summed E-state index contributed by atoms with van der Waals surface area (Å²) in [6.45, 7) is 22.9. The van der Waals surface area contributed by atoms with E-state index < -0.39 is 35.1 Å². The Bertz CT molecular complexity index is 1520. The fourth-order valence-electron chi connectivity index (χ4n) is 11.0. The summed E-state index contributed by atoms with van der Waals surface area (Å²) in [6.07, 6.45) is 8.44. The first-order valence-corrected chi connectivity index (χ1v) is 24.8. The van der Waals surface area contributed by atoms with Crippen LogP contribution in [0.3, 0.4) is 0 Å². The standard InChI is InChI=1S/C43H72O8SSi/c1-29(37(26-38(44)41(5,6)45)52(46,47)32-15-13-12-14-16-32)34-19-20-35-33-18-17-30-25-31(51-53(10,11)40(2,3)4)21-22-42(30,7)39(33)36(27-43(34,35)8)50-28-49-24-23-48-9/h12-17,29,31,33-39,44-45H,18-28H2,1-11H3/t29-,31-,33-,34+,35-,36+,37?,38+,39+,42-,43+/m0/s1. The molecule has 3 fully saturated rings. The average Bonchev–Trinajstić information content (AvgIpc) is 3.42. The highest BCUT2D eigenvalue weighted by atomic mass is 32.2. The fourth-order valence-corrected chi connectivity index (χ4v) is 14.5. The number of aliphatic hydroxyl groups is 2. The van der Waals surface area contributed by atoms with Gasteiger partial charge in [-0.25, -0.2) is 8.42 Å². The van der Waals surface area contributed by atoms with Crippen molar-refractivity contribution in [3.63, 3.8) is 0 Å². The molecule has 2 N–H and O–H groups in total. The predicted octanol–water partition coefficient (Wildman–Crippen LogP) is 8.57. The summed E-state index contributed by atoms with van der Waals surface area (Å²) in [5, 5.41) is 21.3. The van der Waals surface area contributed by atoms with E-state index in [-0.39, 0.29) is 58.0 Å². The van der Waals surface area contributed by atoms with Crippen LogP contribution in [0.4, 0.5) is 0 Å². The van der Waals surface area contributed by atoms with E-state index in [1.165, 1.54) is 5.57 Å². The molecule has 5 rings (SSSR count). The van der Waals surface area contributed by atoms with E-state index in [9.17, 15) is 18.6 Å². The quantitative estimate of drug-likeness (QED) is 0.0789. The lowest BCUT2D eigenvalue weighted by Crippen LogP contribution is -2.58. The molecule has 302 valence electrons. The second-order valence-electron chi connectivity index (χ2n) is 19.7. The fraction of sp³-hybridized carbons (Fsp3) is 0.814. The Hall–Kier alpha value is -1.11. The molecule has 0 spiro atoms. The second-order valence-corrected chi connectivity index (χ2v) is 26.6. The zero-order chi connectivity index (χ0) is 39.2. The SMILES string of the molecule is COCCOCO[C@@H]1C[C@]2(C)[C@@H]([C@H](C)C(C[C@@H](O)C(C)(C)O)S(=O)(=O)c3ccccc3)CC[C@H]2[C@@H]2CC=C3C[C@@H](O[Si](C)(C)C(C)(C)C)CC[C@]3(C)[C@H]21. The topological polar surface area (TPSA) is 112 Å². The van der Waals surface area contributed by atoms with Gasteiger partial charge in [-0.3, -0.25) is 0 Å². The molecule has 0 aromatic heterocycles. The van der Waals surface area contributed by atoms with Crippen molar-refractivity contribution < 1.29 is 37.3 Å². The highest BCUT2D eigenvalue weighted by molar-refractivity contribution is 7.92. The zero-order valence-corrected chi connectivity index (χ0v) is 36.5. The van der Waals surface area contributed by atoms with Gasteiger partial charge in [-0.1, -0.05) is 71.4 Å². The van der Waals surface area contributed by atoms with Crippen LogP contribution in [0.15, 0.2) is 46.9 Å². The van der Waals surface area contributed by atoms with Crippen molar-refractivity contribution in [3.05, 3.63) is 42.0 Å². The van der Waals surface area contributed by atoms with Crippen LogP contribution in [0, 0.1) is 40.4 Å². The Labute approximate surface area is 322 Å². The lowest BCUT2D eigenvalue weighted by molar-refractivity contribution is -0.189. The number of sulfone groups is 1. The van der Waals surface area contributed by atoms with Crippen LogP contribution in [0.1, 0.15) is 107 Å². The van der Waals surface area contributed by atoms with Crippen molar-refractivity contribution in [2.75, 3.05) is 27.1 Å². The average molecular weight is 777 g/mol. The van der Waals surface area contributed by atoms with Gasteiger partial charge in [0.15, 0.2) is 18.2 Å². The zero-order valence-electron chi connectivity index (χ0n) is 34.7. The number of allylic oxidation sites excluding steroid dienone is 1. The number of fused-ring (bicyclic) bond motifs is 5. The molecule has 1 unspecified atom stereocenters. The number of ether oxygens (including phenoxy) is 3. The van der Waals surface area contributed by atoms with Gasteiger partial charge in [-0.15, -0.1) is 0 Å². The molecule has 4 aliphatic carbocycles. The predicted molar refractivity (Wildman–Crippen MR) is 214 cm³/mol. The minimum absolute atomic E-state index is 0.00552. The van der Waals surface area contributed by atoms with Gasteiger partial charge >= 0.3 is 0 Å².